The first-order chi connectivity index (χ1) is 15.5. The second-order valence-corrected chi connectivity index (χ2v) is 14.8. The summed E-state index contributed by atoms with van der Waals surface area (Å²) in [5.74, 6) is 0.771. The van der Waals surface area contributed by atoms with Gasteiger partial charge in [-0.2, -0.15) is 0 Å². The van der Waals surface area contributed by atoms with Crippen LogP contribution in [0.2, 0.25) is 18.1 Å². The molecule has 0 atom stereocenters. The minimum atomic E-state index is -1.82. The molecule has 3 aromatic rings. The fourth-order valence-corrected chi connectivity index (χ4v) is 4.06. The number of nitrogen functional groups attached to an aromatic ring is 1. The van der Waals surface area contributed by atoms with Gasteiger partial charge in [0.25, 0.3) is 0 Å². The van der Waals surface area contributed by atoms with Crippen LogP contribution in [-0.2, 0) is 24.2 Å². The maximum Gasteiger partial charge on any atom is 0.192 e. The molecule has 0 amide bonds. The molecule has 0 fully saturated rings. The number of ether oxygens (including phenoxy) is 1. The average Bonchev–Trinajstić information content (AvgIpc) is 2.77. The number of nitrogens with one attached hydrogen (secondary N) is 1. The average molecular weight is 464 g/mol. The largest absolute Gasteiger partial charge is 0.487 e. The summed E-state index contributed by atoms with van der Waals surface area (Å²) >= 11 is 0. The predicted molar refractivity (Wildman–Crippen MR) is 140 cm³/mol. The van der Waals surface area contributed by atoms with Crippen LogP contribution >= 0.6 is 0 Å². The second-order valence-electron chi connectivity index (χ2n) is 10.00. The molecule has 33 heavy (non-hydrogen) atoms. The summed E-state index contributed by atoms with van der Waals surface area (Å²) in [6.07, 6.45) is 0. The van der Waals surface area contributed by atoms with Gasteiger partial charge in [0.05, 0.1) is 24.5 Å². The van der Waals surface area contributed by atoms with Crippen molar-refractivity contribution in [2.75, 3.05) is 11.1 Å². The van der Waals surface area contributed by atoms with Crippen LogP contribution in [0.5, 0.6) is 5.75 Å². The SMILES string of the molecule is Cc1ccc(OCc2ccccc2)c(CNc2cc(CO[Si](C)(C)C(C)(C)C)ccc2N)n1. The van der Waals surface area contributed by atoms with Gasteiger partial charge in [-0.3, -0.25) is 4.98 Å². The van der Waals surface area contributed by atoms with Crippen LogP contribution in [0.15, 0.2) is 60.7 Å². The van der Waals surface area contributed by atoms with Gasteiger partial charge in [-0.15, -0.1) is 0 Å². The number of hydrogen-bond acceptors (Lipinski definition) is 5. The smallest absolute Gasteiger partial charge is 0.192 e. The summed E-state index contributed by atoms with van der Waals surface area (Å²) in [4.78, 5) is 4.70. The zero-order valence-electron chi connectivity index (χ0n) is 20.7. The van der Waals surface area contributed by atoms with Gasteiger partial charge in [-0.05, 0) is 60.4 Å². The molecule has 0 aliphatic heterocycles. The minimum Gasteiger partial charge on any atom is -0.487 e. The maximum absolute atomic E-state index is 6.38. The molecule has 0 bridgehead atoms. The molecule has 0 aliphatic carbocycles. The molecule has 0 aliphatic rings. The van der Waals surface area contributed by atoms with Crippen LogP contribution in [0, 0.1) is 6.92 Å². The van der Waals surface area contributed by atoms with E-state index in [1.165, 1.54) is 0 Å². The van der Waals surface area contributed by atoms with Gasteiger partial charge in [0.15, 0.2) is 8.32 Å². The van der Waals surface area contributed by atoms with E-state index in [2.05, 4.69) is 57.4 Å². The Labute approximate surface area is 199 Å². The monoisotopic (exact) mass is 463 g/mol. The van der Waals surface area contributed by atoms with Crippen LogP contribution in [0.3, 0.4) is 0 Å². The normalized spacial score (nSPS) is 11.9. The third kappa shape index (κ3) is 6.82. The topological polar surface area (TPSA) is 69.4 Å². The van der Waals surface area contributed by atoms with Crippen molar-refractivity contribution in [1.82, 2.24) is 4.98 Å². The molecule has 5 nitrogen and oxygen atoms in total. The van der Waals surface area contributed by atoms with Crippen molar-refractivity contribution in [3.63, 3.8) is 0 Å². The standard InChI is InChI=1S/C27H37N3O2Si/c1-20-12-15-26(31-18-21-10-8-7-9-11-21)25(30-20)17-29-24-16-22(13-14-23(24)28)19-32-33(5,6)27(2,3)4/h7-16,29H,17-19,28H2,1-6H3. The van der Waals surface area contributed by atoms with E-state index in [0.717, 1.165) is 34.0 Å². The van der Waals surface area contributed by atoms with Crippen molar-refractivity contribution < 1.29 is 9.16 Å². The van der Waals surface area contributed by atoms with E-state index in [-0.39, 0.29) is 5.04 Å². The third-order valence-electron chi connectivity index (χ3n) is 6.28. The zero-order chi connectivity index (χ0) is 24.1. The molecule has 3 N–H and O–H groups in total. The summed E-state index contributed by atoms with van der Waals surface area (Å²) in [7, 11) is -1.82. The fraction of sp³-hybridized carbons (Fsp3) is 0.370. The Bertz CT molecular complexity index is 1060. The van der Waals surface area contributed by atoms with Gasteiger partial charge in [0, 0.05) is 5.69 Å². The lowest BCUT2D eigenvalue weighted by atomic mass is 10.1. The number of pyridine rings is 1. The number of anilines is 2. The molecule has 1 heterocycles. The maximum atomic E-state index is 6.38. The van der Waals surface area contributed by atoms with Crippen molar-refractivity contribution >= 4 is 19.7 Å². The number of benzene rings is 2. The Morgan fingerprint density at radius 2 is 1.67 bits per heavy atom. The molecule has 6 heteroatoms. The summed E-state index contributed by atoms with van der Waals surface area (Å²) in [6, 6.07) is 20.1. The van der Waals surface area contributed by atoms with Crippen molar-refractivity contribution in [3.8, 4) is 5.75 Å². The Morgan fingerprint density at radius 3 is 2.36 bits per heavy atom. The molecule has 0 unspecified atom stereocenters. The molecule has 3 rings (SSSR count). The number of nitrogens with two attached hydrogens (primary N) is 1. The fourth-order valence-electron chi connectivity index (χ4n) is 3.10. The van der Waals surface area contributed by atoms with Crippen molar-refractivity contribution in [1.29, 1.82) is 0 Å². The lowest BCUT2D eigenvalue weighted by Crippen LogP contribution is -2.40. The van der Waals surface area contributed by atoms with E-state index < -0.39 is 8.32 Å². The molecule has 2 aromatic carbocycles. The van der Waals surface area contributed by atoms with Gasteiger partial charge < -0.3 is 20.2 Å². The highest BCUT2D eigenvalue weighted by Crippen LogP contribution is 2.37. The molecule has 0 saturated heterocycles. The quantitative estimate of drug-likeness (QED) is 0.273. The molecule has 0 spiro atoms. The lowest BCUT2D eigenvalue weighted by molar-refractivity contribution is 0.276. The van der Waals surface area contributed by atoms with Crippen LogP contribution in [-0.4, -0.2) is 13.3 Å². The minimum absolute atomic E-state index is 0.175. The van der Waals surface area contributed by atoms with Crippen molar-refractivity contribution in [3.05, 3.63) is 83.2 Å². The van der Waals surface area contributed by atoms with E-state index in [9.17, 15) is 0 Å². The number of rotatable bonds is 9. The van der Waals surface area contributed by atoms with Crippen LogP contribution in [0.1, 0.15) is 43.3 Å². The highest BCUT2D eigenvalue weighted by molar-refractivity contribution is 6.74. The van der Waals surface area contributed by atoms with E-state index >= 15 is 0 Å². The highest BCUT2D eigenvalue weighted by Gasteiger charge is 2.37. The van der Waals surface area contributed by atoms with Gasteiger partial charge in [0.1, 0.15) is 18.1 Å². The first kappa shape index (κ1) is 24.8. The van der Waals surface area contributed by atoms with E-state index in [1.54, 1.807) is 0 Å². The van der Waals surface area contributed by atoms with E-state index in [4.69, 9.17) is 19.9 Å². The number of aryl methyl sites for hydroxylation is 1. The molecular formula is C27H37N3O2Si. The van der Waals surface area contributed by atoms with E-state index in [0.29, 0.717) is 25.4 Å². The van der Waals surface area contributed by atoms with E-state index in [1.807, 2.05) is 49.4 Å². The molecular weight excluding hydrogens is 426 g/mol. The summed E-state index contributed by atoms with van der Waals surface area (Å²) < 4.78 is 12.5. The Hall–Kier alpha value is -2.83. The predicted octanol–water partition coefficient (Wildman–Crippen LogP) is 6.69. The highest BCUT2D eigenvalue weighted by atomic mass is 28.4. The van der Waals surface area contributed by atoms with Crippen molar-refractivity contribution in [2.45, 2.75) is 65.6 Å². The summed E-state index contributed by atoms with van der Waals surface area (Å²) in [5.41, 5.74) is 11.9. The number of aromatic nitrogens is 1. The summed E-state index contributed by atoms with van der Waals surface area (Å²) in [6.45, 7) is 14.9. The molecule has 1 aromatic heterocycles. The zero-order valence-corrected chi connectivity index (χ0v) is 21.7. The van der Waals surface area contributed by atoms with Gasteiger partial charge in [-0.25, -0.2) is 0 Å². The third-order valence-corrected chi connectivity index (χ3v) is 10.8. The molecule has 176 valence electrons. The van der Waals surface area contributed by atoms with Gasteiger partial charge in [-0.1, -0.05) is 57.2 Å². The second kappa shape index (κ2) is 10.4. The lowest BCUT2D eigenvalue weighted by Gasteiger charge is -2.36. The first-order valence-corrected chi connectivity index (χ1v) is 14.4. The van der Waals surface area contributed by atoms with Crippen LogP contribution < -0.4 is 15.8 Å². The van der Waals surface area contributed by atoms with Gasteiger partial charge in [0.2, 0.25) is 0 Å². The molecule has 0 saturated carbocycles. The molecule has 0 radical (unpaired) electrons. The Morgan fingerprint density at radius 1 is 0.939 bits per heavy atom. The van der Waals surface area contributed by atoms with Crippen LogP contribution in [0.25, 0.3) is 0 Å². The number of hydrogen-bond donors (Lipinski definition) is 2. The van der Waals surface area contributed by atoms with Crippen molar-refractivity contribution in [2.24, 2.45) is 0 Å². The number of nitrogens with zero attached hydrogens (tertiary/aromatic N) is 1. The Kier molecular flexibility index (Phi) is 7.82. The summed E-state index contributed by atoms with van der Waals surface area (Å²) in [5, 5.41) is 3.63. The van der Waals surface area contributed by atoms with Crippen LogP contribution in [0.4, 0.5) is 11.4 Å². The first-order valence-electron chi connectivity index (χ1n) is 11.4. The van der Waals surface area contributed by atoms with Gasteiger partial charge >= 0.3 is 0 Å². The Balaban J connectivity index is 1.69.